The van der Waals surface area contributed by atoms with Crippen molar-refractivity contribution in [2.24, 2.45) is 0 Å². The Labute approximate surface area is 66.1 Å². The van der Waals surface area contributed by atoms with Gasteiger partial charge in [-0.05, 0) is 12.8 Å². The Kier molecular flexibility index (Phi) is 3.44. The molecule has 0 N–H and O–H groups in total. The van der Waals surface area contributed by atoms with Crippen LogP contribution in [0.1, 0.15) is 31.9 Å². The van der Waals surface area contributed by atoms with Gasteiger partial charge in [0.25, 0.3) is 0 Å². The van der Waals surface area contributed by atoms with E-state index in [1.165, 1.54) is 25.0 Å². The van der Waals surface area contributed by atoms with Gasteiger partial charge >= 0.3 is 0 Å². The van der Waals surface area contributed by atoms with E-state index in [1.807, 2.05) is 5.51 Å². The molecular weight excluding hydrogens is 142 g/mol. The van der Waals surface area contributed by atoms with Gasteiger partial charge in [-0.2, -0.15) is 0 Å². The van der Waals surface area contributed by atoms with Crippen LogP contribution in [-0.2, 0) is 6.42 Å². The molecule has 0 aromatic carbocycles. The average Bonchev–Trinajstić information content (AvgIpc) is 2.41. The first-order chi connectivity index (χ1) is 4.93. The van der Waals surface area contributed by atoms with Gasteiger partial charge in [0.15, 0.2) is 0 Å². The highest BCUT2D eigenvalue weighted by Gasteiger charge is 1.92. The van der Waals surface area contributed by atoms with Crippen LogP contribution in [0.4, 0.5) is 0 Å². The number of nitrogens with zero attached hydrogens (tertiary/aromatic N) is 1. The van der Waals surface area contributed by atoms with E-state index in [4.69, 9.17) is 0 Å². The van der Waals surface area contributed by atoms with Gasteiger partial charge in [0.05, 0.1) is 11.2 Å². The Morgan fingerprint density at radius 1 is 1.50 bits per heavy atom. The zero-order chi connectivity index (χ0) is 7.23. The van der Waals surface area contributed by atoms with E-state index < -0.39 is 0 Å². The summed E-state index contributed by atoms with van der Waals surface area (Å²) in [5, 5.41) is 2.13. The van der Waals surface area contributed by atoms with Crippen molar-refractivity contribution in [1.29, 1.82) is 0 Å². The molecule has 0 aliphatic rings. The van der Waals surface area contributed by atoms with Crippen LogP contribution in [-0.4, -0.2) is 4.98 Å². The van der Waals surface area contributed by atoms with E-state index in [1.54, 1.807) is 11.3 Å². The molecule has 0 unspecified atom stereocenters. The molecule has 10 heavy (non-hydrogen) atoms. The third kappa shape index (κ3) is 2.48. The molecule has 0 aliphatic carbocycles. The first-order valence-corrected chi connectivity index (χ1v) is 4.75. The van der Waals surface area contributed by atoms with Gasteiger partial charge in [0, 0.05) is 5.38 Å². The molecule has 1 aromatic heterocycles. The number of thiazole rings is 1. The van der Waals surface area contributed by atoms with E-state index >= 15 is 0 Å². The monoisotopic (exact) mass is 155 g/mol. The van der Waals surface area contributed by atoms with Gasteiger partial charge in [-0.25, -0.2) is 4.98 Å². The molecule has 0 atom stereocenters. The van der Waals surface area contributed by atoms with Crippen LogP contribution in [0.25, 0.3) is 0 Å². The number of aryl methyl sites for hydroxylation is 1. The Bertz CT molecular complexity index is 158. The summed E-state index contributed by atoms with van der Waals surface area (Å²) in [6.45, 7) is 2.22. The normalized spacial score (nSPS) is 10.1. The summed E-state index contributed by atoms with van der Waals surface area (Å²) < 4.78 is 0. The van der Waals surface area contributed by atoms with Gasteiger partial charge in [0.2, 0.25) is 0 Å². The molecule has 0 spiro atoms. The molecule has 0 amide bonds. The Morgan fingerprint density at radius 2 is 2.40 bits per heavy atom. The highest BCUT2D eigenvalue weighted by molar-refractivity contribution is 7.07. The lowest BCUT2D eigenvalue weighted by Crippen LogP contribution is -1.83. The van der Waals surface area contributed by atoms with Crippen LogP contribution < -0.4 is 0 Å². The Morgan fingerprint density at radius 3 is 3.00 bits per heavy atom. The molecule has 1 aromatic rings. The third-order valence-corrected chi connectivity index (χ3v) is 2.16. The minimum atomic E-state index is 1.16. The number of unbranched alkanes of at least 4 members (excludes halogenated alkanes) is 2. The second kappa shape index (κ2) is 4.45. The smallest absolute Gasteiger partial charge is 0.0794 e. The molecule has 1 nitrogen and oxygen atoms in total. The standard InChI is InChI=1S/C8H13NS/c1-2-3-4-5-8-6-10-7-9-8/h6-7H,2-5H2,1H3. The molecule has 0 saturated carbocycles. The maximum Gasteiger partial charge on any atom is 0.0794 e. The molecule has 56 valence electrons. The lowest BCUT2D eigenvalue weighted by atomic mass is 10.2. The maximum absolute atomic E-state index is 4.21. The number of hydrogen-bond donors (Lipinski definition) is 0. The highest BCUT2D eigenvalue weighted by Crippen LogP contribution is 2.06. The van der Waals surface area contributed by atoms with E-state index in [-0.39, 0.29) is 0 Å². The second-order valence-corrected chi connectivity index (χ2v) is 3.16. The molecule has 1 heterocycles. The molecule has 0 bridgehead atoms. The summed E-state index contributed by atoms with van der Waals surface area (Å²) >= 11 is 1.69. The van der Waals surface area contributed by atoms with Gasteiger partial charge in [-0.1, -0.05) is 19.8 Å². The fourth-order valence-electron chi connectivity index (χ4n) is 0.917. The van der Waals surface area contributed by atoms with Crippen LogP contribution in [0.15, 0.2) is 10.9 Å². The first kappa shape index (κ1) is 7.73. The fraction of sp³-hybridized carbons (Fsp3) is 0.625. The third-order valence-electron chi connectivity index (χ3n) is 1.52. The van der Waals surface area contributed by atoms with Gasteiger partial charge in [0.1, 0.15) is 0 Å². The average molecular weight is 155 g/mol. The summed E-state index contributed by atoms with van der Waals surface area (Å²) in [7, 11) is 0. The number of hydrogen-bond acceptors (Lipinski definition) is 2. The van der Waals surface area contributed by atoms with E-state index in [9.17, 15) is 0 Å². The van der Waals surface area contributed by atoms with Gasteiger partial charge in [-0.15, -0.1) is 11.3 Å². The number of aromatic nitrogens is 1. The summed E-state index contributed by atoms with van der Waals surface area (Å²) in [4.78, 5) is 4.21. The van der Waals surface area contributed by atoms with Crippen LogP contribution in [0.3, 0.4) is 0 Å². The minimum Gasteiger partial charge on any atom is -0.250 e. The topological polar surface area (TPSA) is 12.9 Å². The molecule has 1 rings (SSSR count). The predicted molar refractivity (Wildman–Crippen MR) is 45.3 cm³/mol. The predicted octanol–water partition coefficient (Wildman–Crippen LogP) is 2.88. The second-order valence-electron chi connectivity index (χ2n) is 2.44. The summed E-state index contributed by atoms with van der Waals surface area (Å²) in [6.07, 6.45) is 5.08. The van der Waals surface area contributed by atoms with E-state index in [0.717, 1.165) is 6.42 Å². The zero-order valence-corrected chi connectivity index (χ0v) is 7.16. The van der Waals surface area contributed by atoms with Crippen molar-refractivity contribution in [2.45, 2.75) is 32.6 Å². The van der Waals surface area contributed by atoms with Crippen LogP contribution in [0.2, 0.25) is 0 Å². The largest absolute Gasteiger partial charge is 0.250 e. The zero-order valence-electron chi connectivity index (χ0n) is 6.34. The highest BCUT2D eigenvalue weighted by atomic mass is 32.1. The molecule has 0 saturated heterocycles. The molecule has 0 radical (unpaired) electrons. The summed E-state index contributed by atoms with van der Waals surface area (Å²) in [5.41, 5.74) is 3.17. The quantitative estimate of drug-likeness (QED) is 0.609. The van der Waals surface area contributed by atoms with Crippen LogP contribution >= 0.6 is 11.3 Å². The van der Waals surface area contributed by atoms with Crippen molar-refractivity contribution in [2.75, 3.05) is 0 Å². The van der Waals surface area contributed by atoms with Crippen molar-refractivity contribution in [1.82, 2.24) is 4.98 Å². The van der Waals surface area contributed by atoms with Gasteiger partial charge in [-0.3, -0.25) is 0 Å². The fourth-order valence-corrected chi connectivity index (χ4v) is 1.51. The van der Waals surface area contributed by atoms with E-state index in [0.29, 0.717) is 0 Å². The lowest BCUT2D eigenvalue weighted by molar-refractivity contribution is 0.710. The Balaban J connectivity index is 2.15. The van der Waals surface area contributed by atoms with Crippen molar-refractivity contribution in [3.8, 4) is 0 Å². The summed E-state index contributed by atoms with van der Waals surface area (Å²) in [6, 6.07) is 0. The number of rotatable bonds is 4. The first-order valence-electron chi connectivity index (χ1n) is 3.80. The van der Waals surface area contributed by atoms with Gasteiger partial charge < -0.3 is 0 Å². The van der Waals surface area contributed by atoms with Crippen LogP contribution in [0.5, 0.6) is 0 Å². The molecule has 0 aliphatic heterocycles. The molecular formula is C8H13NS. The maximum atomic E-state index is 4.21. The molecule has 0 fully saturated rings. The van der Waals surface area contributed by atoms with E-state index in [2.05, 4.69) is 17.3 Å². The molecule has 2 heteroatoms. The van der Waals surface area contributed by atoms with Crippen molar-refractivity contribution in [3.05, 3.63) is 16.6 Å². The SMILES string of the molecule is CCCCCc1cscn1. The van der Waals surface area contributed by atoms with Crippen molar-refractivity contribution >= 4 is 11.3 Å². The van der Waals surface area contributed by atoms with Crippen molar-refractivity contribution < 1.29 is 0 Å². The van der Waals surface area contributed by atoms with Crippen LogP contribution in [0, 0.1) is 0 Å². The lowest BCUT2D eigenvalue weighted by Gasteiger charge is -1.92. The van der Waals surface area contributed by atoms with Crippen molar-refractivity contribution in [3.63, 3.8) is 0 Å². The summed E-state index contributed by atoms with van der Waals surface area (Å²) in [5.74, 6) is 0. The Hall–Kier alpha value is -0.370. The minimum absolute atomic E-state index is 1.16.